The van der Waals surface area contributed by atoms with E-state index in [4.69, 9.17) is 5.41 Å². The summed E-state index contributed by atoms with van der Waals surface area (Å²) in [6.07, 6.45) is 3.60. The van der Waals surface area contributed by atoms with Crippen molar-refractivity contribution in [3.63, 3.8) is 0 Å². The average Bonchev–Trinajstić information content (AvgIpc) is 2.43. The molecule has 0 saturated carbocycles. The van der Waals surface area contributed by atoms with Crippen LogP contribution < -0.4 is 0 Å². The van der Waals surface area contributed by atoms with Gasteiger partial charge in [-0.2, -0.15) is 0 Å². The Morgan fingerprint density at radius 2 is 2.05 bits per heavy atom. The number of amidine groups is 1. The maximum Gasteiger partial charge on any atom is 0.269 e. The highest BCUT2D eigenvalue weighted by atomic mass is 32.2. The normalized spacial score (nSPS) is 11.9. The summed E-state index contributed by atoms with van der Waals surface area (Å²) >= 11 is 1.41. The number of nitro benzene ring substituents is 1. The molecule has 1 rings (SSSR count). The first-order valence-corrected chi connectivity index (χ1v) is 7.30. The van der Waals surface area contributed by atoms with Crippen LogP contribution in [0.3, 0.4) is 0 Å². The van der Waals surface area contributed by atoms with Crippen molar-refractivity contribution in [2.75, 3.05) is 13.3 Å². The lowest BCUT2D eigenvalue weighted by Crippen LogP contribution is -2.36. The van der Waals surface area contributed by atoms with Gasteiger partial charge >= 0.3 is 0 Å². The fourth-order valence-corrected chi connectivity index (χ4v) is 2.33. The number of non-ortho nitro benzene ring substituents is 1. The van der Waals surface area contributed by atoms with Gasteiger partial charge in [-0.15, -0.1) is 0 Å². The number of thioether (sulfide) groups is 1. The van der Waals surface area contributed by atoms with E-state index in [0.29, 0.717) is 5.17 Å². The van der Waals surface area contributed by atoms with Crippen LogP contribution in [0.4, 0.5) is 5.69 Å². The van der Waals surface area contributed by atoms with Crippen LogP contribution in [0.1, 0.15) is 18.9 Å². The molecule has 1 unspecified atom stereocenters. The number of nitro groups is 1. The van der Waals surface area contributed by atoms with Gasteiger partial charge in [0.25, 0.3) is 5.69 Å². The molecule has 1 N–H and O–H groups in total. The van der Waals surface area contributed by atoms with E-state index in [9.17, 15) is 10.1 Å². The Labute approximate surface area is 117 Å². The van der Waals surface area contributed by atoms with E-state index in [1.54, 1.807) is 12.1 Å². The number of hydrogen-bond acceptors (Lipinski definition) is 4. The summed E-state index contributed by atoms with van der Waals surface area (Å²) in [6.45, 7) is 2.08. The van der Waals surface area contributed by atoms with E-state index in [1.807, 2.05) is 18.2 Å². The molecule has 1 atom stereocenters. The molecule has 1 aromatic carbocycles. The van der Waals surface area contributed by atoms with Gasteiger partial charge in [-0.1, -0.05) is 30.8 Å². The second-order valence-electron chi connectivity index (χ2n) is 4.31. The smallest absolute Gasteiger partial charge is 0.269 e. The van der Waals surface area contributed by atoms with Crippen LogP contribution >= 0.6 is 11.8 Å². The number of hydrogen-bond donors (Lipinski definition) is 1. The summed E-state index contributed by atoms with van der Waals surface area (Å²) in [7, 11) is 1.92. The molecular formula is C13H19N3O2S. The van der Waals surface area contributed by atoms with Gasteiger partial charge in [-0.05, 0) is 24.7 Å². The van der Waals surface area contributed by atoms with Gasteiger partial charge in [0.15, 0.2) is 5.17 Å². The molecule has 0 bridgehead atoms. The molecule has 6 heteroatoms. The highest BCUT2D eigenvalue weighted by Gasteiger charge is 2.16. The molecule has 0 aliphatic carbocycles. The highest BCUT2D eigenvalue weighted by molar-refractivity contribution is 8.13. The third-order valence-electron chi connectivity index (χ3n) is 3.15. The minimum atomic E-state index is -0.392. The zero-order chi connectivity index (χ0) is 14.4. The molecule has 1 aromatic rings. The standard InChI is InChI=1S/C13H19N3O2S/c1-4-11(15(2)13(14)19-3)9-10-5-7-12(8-6-10)16(17)18/h5-8,11,14H,4,9H2,1-3H3. The number of rotatable bonds is 5. The molecule has 0 aliphatic rings. The van der Waals surface area contributed by atoms with Crippen molar-refractivity contribution in [3.8, 4) is 0 Å². The van der Waals surface area contributed by atoms with Crippen LogP contribution in [-0.4, -0.2) is 34.3 Å². The monoisotopic (exact) mass is 281 g/mol. The van der Waals surface area contributed by atoms with Crippen LogP contribution in [0.2, 0.25) is 0 Å². The van der Waals surface area contributed by atoms with Crippen molar-refractivity contribution in [2.24, 2.45) is 0 Å². The number of nitrogens with one attached hydrogen (secondary N) is 1. The van der Waals surface area contributed by atoms with Gasteiger partial charge in [-0.25, -0.2) is 0 Å². The predicted molar refractivity (Wildman–Crippen MR) is 79.9 cm³/mol. The van der Waals surface area contributed by atoms with Gasteiger partial charge in [0.2, 0.25) is 0 Å². The molecule has 104 valence electrons. The molecule has 0 aliphatic heterocycles. The van der Waals surface area contributed by atoms with Gasteiger partial charge in [-0.3, -0.25) is 15.5 Å². The van der Waals surface area contributed by atoms with Crippen LogP contribution in [0.15, 0.2) is 24.3 Å². The Morgan fingerprint density at radius 3 is 2.47 bits per heavy atom. The zero-order valence-corrected chi connectivity index (χ0v) is 12.2. The third-order valence-corrected chi connectivity index (χ3v) is 3.83. The summed E-state index contributed by atoms with van der Waals surface area (Å²) in [5.41, 5.74) is 1.17. The SMILES string of the molecule is CCC(Cc1ccc([N+](=O)[O-])cc1)N(C)C(=N)SC. The Kier molecular flexibility index (Phi) is 5.82. The van der Waals surface area contributed by atoms with Crippen molar-refractivity contribution >= 4 is 22.6 Å². The van der Waals surface area contributed by atoms with E-state index < -0.39 is 4.92 Å². The summed E-state index contributed by atoms with van der Waals surface area (Å²) in [5.74, 6) is 0. The van der Waals surface area contributed by atoms with Crippen molar-refractivity contribution in [1.82, 2.24) is 4.90 Å². The fourth-order valence-electron chi connectivity index (χ4n) is 1.89. The van der Waals surface area contributed by atoms with Crippen molar-refractivity contribution in [3.05, 3.63) is 39.9 Å². The van der Waals surface area contributed by atoms with Crippen molar-refractivity contribution in [1.29, 1.82) is 5.41 Å². The molecule has 0 fully saturated rings. The first-order valence-electron chi connectivity index (χ1n) is 6.08. The maximum absolute atomic E-state index is 10.6. The van der Waals surface area contributed by atoms with E-state index in [1.165, 1.54) is 23.9 Å². The zero-order valence-electron chi connectivity index (χ0n) is 11.4. The Morgan fingerprint density at radius 1 is 1.47 bits per heavy atom. The van der Waals surface area contributed by atoms with Crippen LogP contribution in [0.5, 0.6) is 0 Å². The van der Waals surface area contributed by atoms with Crippen molar-refractivity contribution < 1.29 is 4.92 Å². The maximum atomic E-state index is 10.6. The summed E-state index contributed by atoms with van der Waals surface area (Å²) < 4.78 is 0. The summed E-state index contributed by atoms with van der Waals surface area (Å²) in [4.78, 5) is 12.2. The van der Waals surface area contributed by atoms with Crippen LogP contribution in [0, 0.1) is 15.5 Å². The third kappa shape index (κ3) is 4.24. The van der Waals surface area contributed by atoms with E-state index in [0.717, 1.165) is 18.4 Å². The number of likely N-dealkylation sites (N-methyl/N-ethyl adjacent to an activating group) is 1. The minimum Gasteiger partial charge on any atom is -0.351 e. The molecule has 0 saturated heterocycles. The fraction of sp³-hybridized carbons (Fsp3) is 0.462. The van der Waals surface area contributed by atoms with Crippen LogP contribution in [-0.2, 0) is 6.42 Å². The molecule has 0 heterocycles. The molecular weight excluding hydrogens is 262 g/mol. The van der Waals surface area contributed by atoms with Gasteiger partial charge < -0.3 is 4.90 Å². The van der Waals surface area contributed by atoms with Gasteiger partial charge in [0.05, 0.1) is 4.92 Å². The second kappa shape index (κ2) is 7.13. The lowest BCUT2D eigenvalue weighted by atomic mass is 10.0. The van der Waals surface area contributed by atoms with E-state index >= 15 is 0 Å². The second-order valence-corrected chi connectivity index (χ2v) is 5.10. The summed E-state index contributed by atoms with van der Waals surface area (Å²) in [5, 5.41) is 19.0. The van der Waals surface area contributed by atoms with Gasteiger partial charge in [0.1, 0.15) is 0 Å². The Balaban J connectivity index is 2.75. The molecule has 0 radical (unpaired) electrons. The van der Waals surface area contributed by atoms with Crippen LogP contribution in [0.25, 0.3) is 0 Å². The number of benzene rings is 1. The lowest BCUT2D eigenvalue weighted by molar-refractivity contribution is -0.384. The van der Waals surface area contributed by atoms with Crippen molar-refractivity contribution in [2.45, 2.75) is 25.8 Å². The molecule has 0 aromatic heterocycles. The highest BCUT2D eigenvalue weighted by Crippen LogP contribution is 2.17. The van der Waals surface area contributed by atoms with Gasteiger partial charge in [0, 0.05) is 25.2 Å². The topological polar surface area (TPSA) is 70.2 Å². The Hall–Kier alpha value is -1.56. The Bertz CT molecular complexity index is 448. The predicted octanol–water partition coefficient (Wildman–Crippen LogP) is 3.15. The number of nitrogens with zero attached hydrogens (tertiary/aromatic N) is 2. The summed E-state index contributed by atoms with van der Waals surface area (Å²) in [6, 6.07) is 6.87. The molecule has 19 heavy (non-hydrogen) atoms. The minimum absolute atomic E-state index is 0.113. The quantitative estimate of drug-likeness (QED) is 0.389. The van der Waals surface area contributed by atoms with E-state index in [-0.39, 0.29) is 11.7 Å². The first kappa shape index (κ1) is 15.5. The average molecular weight is 281 g/mol. The molecule has 0 amide bonds. The lowest BCUT2D eigenvalue weighted by Gasteiger charge is -2.28. The van der Waals surface area contributed by atoms with E-state index in [2.05, 4.69) is 6.92 Å². The molecule has 5 nitrogen and oxygen atoms in total. The first-order chi connectivity index (χ1) is 8.99. The largest absolute Gasteiger partial charge is 0.351 e. The molecule has 0 spiro atoms.